The Hall–Kier alpha value is -1.81. The highest BCUT2D eigenvalue weighted by Crippen LogP contribution is 2.20. The molecule has 0 aliphatic rings. The second-order valence-electron chi connectivity index (χ2n) is 3.96. The van der Waals surface area contributed by atoms with Gasteiger partial charge in [0, 0.05) is 24.2 Å². The van der Waals surface area contributed by atoms with Crippen LogP contribution < -0.4 is 10.6 Å². The number of nitrogens with one attached hydrogen (secondary N) is 2. The van der Waals surface area contributed by atoms with E-state index in [1.54, 1.807) is 0 Å². The molecule has 0 fully saturated rings. The van der Waals surface area contributed by atoms with Crippen LogP contribution in [0.3, 0.4) is 0 Å². The first-order valence-corrected chi connectivity index (χ1v) is 6.08. The van der Waals surface area contributed by atoms with Crippen molar-refractivity contribution in [1.82, 2.24) is 9.97 Å². The van der Waals surface area contributed by atoms with E-state index in [2.05, 4.69) is 27.5 Å². The molecule has 2 aromatic rings. The first-order chi connectivity index (χ1) is 8.69. The molecule has 5 heteroatoms. The highest BCUT2D eigenvalue weighted by molar-refractivity contribution is 6.30. The minimum Gasteiger partial charge on any atom is -0.373 e. The Labute approximate surface area is 111 Å². The number of hydrogen-bond donors (Lipinski definition) is 2. The zero-order valence-corrected chi connectivity index (χ0v) is 11.1. The van der Waals surface area contributed by atoms with Crippen LogP contribution in [-0.4, -0.2) is 17.0 Å². The van der Waals surface area contributed by atoms with Crippen molar-refractivity contribution in [3.05, 3.63) is 47.2 Å². The maximum absolute atomic E-state index is 5.87. The van der Waals surface area contributed by atoms with E-state index in [9.17, 15) is 0 Å². The predicted molar refractivity (Wildman–Crippen MR) is 75.1 cm³/mol. The zero-order chi connectivity index (χ0) is 13.0. The lowest BCUT2D eigenvalue weighted by atomic mass is 10.1. The van der Waals surface area contributed by atoms with Gasteiger partial charge in [-0.05, 0) is 24.6 Å². The number of hydrogen-bond acceptors (Lipinski definition) is 4. The number of aromatic nitrogens is 2. The minimum atomic E-state index is 0.155. The minimum absolute atomic E-state index is 0.155. The maximum Gasteiger partial charge on any atom is 0.131 e. The molecule has 4 nitrogen and oxygen atoms in total. The number of rotatable bonds is 4. The van der Waals surface area contributed by atoms with Gasteiger partial charge in [0.25, 0.3) is 0 Å². The molecule has 0 saturated carbocycles. The highest BCUT2D eigenvalue weighted by atomic mass is 35.5. The summed E-state index contributed by atoms with van der Waals surface area (Å²) in [5, 5.41) is 7.04. The quantitative estimate of drug-likeness (QED) is 0.887. The largest absolute Gasteiger partial charge is 0.373 e. The van der Waals surface area contributed by atoms with Gasteiger partial charge in [0.05, 0.1) is 0 Å². The molecule has 18 heavy (non-hydrogen) atoms. The van der Waals surface area contributed by atoms with Crippen molar-refractivity contribution >= 4 is 23.2 Å². The fourth-order valence-electron chi connectivity index (χ4n) is 1.63. The van der Waals surface area contributed by atoms with E-state index in [1.165, 1.54) is 6.33 Å². The second-order valence-corrected chi connectivity index (χ2v) is 4.39. The summed E-state index contributed by atoms with van der Waals surface area (Å²) in [6.07, 6.45) is 1.53. The van der Waals surface area contributed by atoms with Gasteiger partial charge < -0.3 is 10.6 Å². The van der Waals surface area contributed by atoms with E-state index in [0.717, 1.165) is 22.2 Å². The standard InChI is InChI=1S/C13H15ClN4/c1-9(10-3-5-11(14)6-4-10)18-13-7-12(15-2)16-8-17-13/h3-9H,1-2H3,(H2,15,16,17,18). The molecular weight excluding hydrogens is 248 g/mol. The third-order valence-electron chi connectivity index (χ3n) is 2.66. The molecule has 1 aromatic heterocycles. The van der Waals surface area contributed by atoms with Crippen LogP contribution in [0.4, 0.5) is 11.6 Å². The molecule has 1 atom stereocenters. The first-order valence-electron chi connectivity index (χ1n) is 5.71. The van der Waals surface area contributed by atoms with Crippen LogP contribution in [-0.2, 0) is 0 Å². The van der Waals surface area contributed by atoms with Crippen LogP contribution >= 0.6 is 11.6 Å². The zero-order valence-electron chi connectivity index (χ0n) is 10.3. The van der Waals surface area contributed by atoms with Gasteiger partial charge in [-0.1, -0.05) is 23.7 Å². The Balaban J connectivity index is 2.10. The van der Waals surface area contributed by atoms with Crippen molar-refractivity contribution in [3.8, 4) is 0 Å². The average Bonchev–Trinajstić information content (AvgIpc) is 2.39. The molecule has 0 aliphatic heterocycles. The average molecular weight is 263 g/mol. The molecule has 94 valence electrons. The van der Waals surface area contributed by atoms with Crippen molar-refractivity contribution < 1.29 is 0 Å². The lowest BCUT2D eigenvalue weighted by Gasteiger charge is -2.15. The Morgan fingerprint density at radius 2 is 1.78 bits per heavy atom. The Bertz CT molecular complexity index is 513. The molecule has 0 radical (unpaired) electrons. The number of nitrogens with zero attached hydrogens (tertiary/aromatic N) is 2. The molecule has 0 aliphatic carbocycles. The maximum atomic E-state index is 5.87. The SMILES string of the molecule is CNc1cc(NC(C)c2ccc(Cl)cc2)ncn1. The van der Waals surface area contributed by atoms with Gasteiger partial charge in [0.2, 0.25) is 0 Å². The van der Waals surface area contributed by atoms with Gasteiger partial charge in [-0.2, -0.15) is 0 Å². The van der Waals surface area contributed by atoms with Crippen molar-refractivity contribution in [2.45, 2.75) is 13.0 Å². The van der Waals surface area contributed by atoms with Gasteiger partial charge in [0.1, 0.15) is 18.0 Å². The van der Waals surface area contributed by atoms with Crippen LogP contribution in [0.2, 0.25) is 5.02 Å². The van der Waals surface area contributed by atoms with Crippen molar-refractivity contribution in [2.24, 2.45) is 0 Å². The Kier molecular flexibility index (Phi) is 3.99. The van der Waals surface area contributed by atoms with Gasteiger partial charge in [-0.25, -0.2) is 9.97 Å². The van der Waals surface area contributed by atoms with E-state index in [1.807, 2.05) is 37.4 Å². The second kappa shape index (κ2) is 5.69. The van der Waals surface area contributed by atoms with Gasteiger partial charge in [-0.3, -0.25) is 0 Å². The van der Waals surface area contributed by atoms with E-state index in [4.69, 9.17) is 11.6 Å². The molecule has 0 saturated heterocycles. The van der Waals surface area contributed by atoms with Crippen LogP contribution in [0.15, 0.2) is 36.7 Å². The van der Waals surface area contributed by atoms with Crippen LogP contribution in [0, 0.1) is 0 Å². The molecule has 1 unspecified atom stereocenters. The molecule has 0 amide bonds. The number of halogens is 1. The Morgan fingerprint density at radius 3 is 2.44 bits per heavy atom. The highest BCUT2D eigenvalue weighted by Gasteiger charge is 2.06. The summed E-state index contributed by atoms with van der Waals surface area (Å²) < 4.78 is 0. The summed E-state index contributed by atoms with van der Waals surface area (Å²) >= 11 is 5.87. The molecule has 0 spiro atoms. The van der Waals surface area contributed by atoms with Crippen LogP contribution in [0.25, 0.3) is 0 Å². The first kappa shape index (κ1) is 12.6. The molecule has 2 rings (SSSR count). The fraction of sp³-hybridized carbons (Fsp3) is 0.231. The van der Waals surface area contributed by atoms with Gasteiger partial charge in [0.15, 0.2) is 0 Å². The molecule has 1 heterocycles. The summed E-state index contributed by atoms with van der Waals surface area (Å²) in [5.74, 6) is 1.58. The lowest BCUT2D eigenvalue weighted by molar-refractivity contribution is 0.872. The normalized spacial score (nSPS) is 11.9. The summed E-state index contributed by atoms with van der Waals surface area (Å²) in [4.78, 5) is 8.25. The molecule has 1 aromatic carbocycles. The van der Waals surface area contributed by atoms with E-state index >= 15 is 0 Å². The van der Waals surface area contributed by atoms with Crippen molar-refractivity contribution in [1.29, 1.82) is 0 Å². The van der Waals surface area contributed by atoms with E-state index < -0.39 is 0 Å². The number of anilines is 2. The predicted octanol–water partition coefficient (Wildman–Crippen LogP) is 3.34. The Morgan fingerprint density at radius 1 is 1.11 bits per heavy atom. The molecule has 2 N–H and O–H groups in total. The summed E-state index contributed by atoms with van der Waals surface area (Å²) in [6.45, 7) is 2.07. The van der Waals surface area contributed by atoms with Gasteiger partial charge in [-0.15, -0.1) is 0 Å². The summed E-state index contributed by atoms with van der Waals surface area (Å²) in [6, 6.07) is 9.79. The third-order valence-corrected chi connectivity index (χ3v) is 2.91. The summed E-state index contributed by atoms with van der Waals surface area (Å²) in [5.41, 5.74) is 1.16. The third kappa shape index (κ3) is 3.11. The number of benzene rings is 1. The van der Waals surface area contributed by atoms with Crippen LogP contribution in [0.5, 0.6) is 0 Å². The molecule has 0 bridgehead atoms. The molecular formula is C13H15ClN4. The topological polar surface area (TPSA) is 49.8 Å². The van der Waals surface area contributed by atoms with Crippen molar-refractivity contribution in [3.63, 3.8) is 0 Å². The van der Waals surface area contributed by atoms with Gasteiger partial charge >= 0.3 is 0 Å². The summed E-state index contributed by atoms with van der Waals surface area (Å²) in [7, 11) is 1.83. The smallest absolute Gasteiger partial charge is 0.131 e. The lowest BCUT2D eigenvalue weighted by Crippen LogP contribution is -2.08. The van der Waals surface area contributed by atoms with E-state index in [-0.39, 0.29) is 6.04 Å². The fourth-order valence-corrected chi connectivity index (χ4v) is 1.76. The van der Waals surface area contributed by atoms with Crippen LogP contribution in [0.1, 0.15) is 18.5 Å². The van der Waals surface area contributed by atoms with E-state index in [0.29, 0.717) is 0 Å². The van der Waals surface area contributed by atoms with Crippen molar-refractivity contribution in [2.75, 3.05) is 17.7 Å². The monoisotopic (exact) mass is 262 g/mol.